The minimum Gasteiger partial charge on any atom is -0.491 e. The lowest BCUT2D eigenvalue weighted by atomic mass is 10.1. The molecule has 0 aliphatic carbocycles. The second-order valence-electron chi connectivity index (χ2n) is 7.26. The van der Waals surface area contributed by atoms with Crippen molar-refractivity contribution in [2.45, 2.75) is 45.1 Å². The predicted molar refractivity (Wildman–Crippen MR) is 107 cm³/mol. The van der Waals surface area contributed by atoms with Gasteiger partial charge in [-0.15, -0.1) is 0 Å². The summed E-state index contributed by atoms with van der Waals surface area (Å²) in [5.74, 6) is -0.635. The SMILES string of the molecule is CC(C)Oc1ccc(NC(=O)C(C)(C)NS(=O)(=O)Cc2ccc(F)cc2)cc1. The van der Waals surface area contributed by atoms with Gasteiger partial charge in [-0.1, -0.05) is 12.1 Å². The average Bonchev–Trinajstić information content (AvgIpc) is 2.57. The van der Waals surface area contributed by atoms with Crippen molar-refractivity contribution >= 4 is 21.6 Å². The van der Waals surface area contributed by atoms with Crippen LogP contribution in [0.1, 0.15) is 33.3 Å². The van der Waals surface area contributed by atoms with Crippen molar-refractivity contribution in [2.75, 3.05) is 5.32 Å². The number of ether oxygens (including phenoxy) is 1. The Hall–Kier alpha value is -2.45. The molecule has 2 rings (SSSR count). The van der Waals surface area contributed by atoms with Gasteiger partial charge in [0.1, 0.15) is 17.1 Å². The number of halogens is 1. The van der Waals surface area contributed by atoms with Gasteiger partial charge < -0.3 is 10.1 Å². The van der Waals surface area contributed by atoms with Crippen LogP contribution in [0.5, 0.6) is 5.75 Å². The van der Waals surface area contributed by atoms with Crippen molar-refractivity contribution in [3.63, 3.8) is 0 Å². The van der Waals surface area contributed by atoms with E-state index in [1.54, 1.807) is 24.3 Å². The minimum absolute atomic E-state index is 0.0369. The number of anilines is 1. The molecule has 28 heavy (non-hydrogen) atoms. The number of hydrogen-bond donors (Lipinski definition) is 2. The molecule has 0 fully saturated rings. The van der Waals surface area contributed by atoms with Gasteiger partial charge >= 0.3 is 0 Å². The summed E-state index contributed by atoms with van der Waals surface area (Å²) in [6.07, 6.45) is 0.0369. The summed E-state index contributed by atoms with van der Waals surface area (Å²) in [7, 11) is -3.82. The van der Waals surface area contributed by atoms with Gasteiger partial charge in [0.2, 0.25) is 15.9 Å². The summed E-state index contributed by atoms with van der Waals surface area (Å²) in [6, 6.07) is 12.0. The lowest BCUT2D eigenvalue weighted by Crippen LogP contribution is -2.52. The fraction of sp³-hybridized carbons (Fsp3) is 0.350. The van der Waals surface area contributed by atoms with Gasteiger partial charge in [-0.2, -0.15) is 4.72 Å². The highest BCUT2D eigenvalue weighted by atomic mass is 32.2. The molecular formula is C20H25FN2O4S. The Morgan fingerprint density at radius 1 is 1.07 bits per heavy atom. The van der Waals surface area contributed by atoms with Gasteiger partial charge in [0.15, 0.2) is 0 Å². The summed E-state index contributed by atoms with van der Waals surface area (Å²) in [6.45, 7) is 6.77. The Morgan fingerprint density at radius 3 is 2.18 bits per heavy atom. The van der Waals surface area contributed by atoms with E-state index < -0.39 is 27.3 Å². The molecule has 1 amide bonds. The third-order valence-electron chi connectivity index (χ3n) is 3.73. The fourth-order valence-corrected chi connectivity index (χ4v) is 4.02. The van der Waals surface area contributed by atoms with Crippen molar-refractivity contribution < 1.29 is 22.3 Å². The molecule has 0 bridgehead atoms. The van der Waals surface area contributed by atoms with E-state index in [2.05, 4.69) is 10.0 Å². The van der Waals surface area contributed by atoms with Crippen LogP contribution in [0.2, 0.25) is 0 Å². The number of carbonyl (C=O) groups is 1. The minimum atomic E-state index is -3.82. The number of benzene rings is 2. The Kier molecular flexibility index (Phi) is 6.79. The highest BCUT2D eigenvalue weighted by Crippen LogP contribution is 2.19. The molecule has 0 radical (unpaired) electrons. The zero-order valence-electron chi connectivity index (χ0n) is 16.3. The molecule has 8 heteroatoms. The van der Waals surface area contributed by atoms with E-state index in [1.807, 2.05) is 13.8 Å². The smallest absolute Gasteiger partial charge is 0.245 e. The molecule has 0 unspecified atom stereocenters. The third-order valence-corrected chi connectivity index (χ3v) is 5.27. The number of nitrogens with one attached hydrogen (secondary N) is 2. The van der Waals surface area contributed by atoms with Gasteiger partial charge in [0.05, 0.1) is 11.9 Å². The Balaban J connectivity index is 2.02. The van der Waals surface area contributed by atoms with Crippen LogP contribution in [0.3, 0.4) is 0 Å². The van der Waals surface area contributed by atoms with Crippen LogP contribution >= 0.6 is 0 Å². The van der Waals surface area contributed by atoms with Crippen molar-refractivity contribution in [3.05, 3.63) is 59.9 Å². The van der Waals surface area contributed by atoms with Crippen LogP contribution in [0, 0.1) is 5.82 Å². The van der Waals surface area contributed by atoms with Gasteiger partial charge in [-0.3, -0.25) is 4.79 Å². The van der Waals surface area contributed by atoms with E-state index in [4.69, 9.17) is 4.74 Å². The molecule has 0 heterocycles. The van der Waals surface area contributed by atoms with Crippen LogP contribution in [-0.2, 0) is 20.6 Å². The van der Waals surface area contributed by atoms with Crippen molar-refractivity contribution in [2.24, 2.45) is 0 Å². The number of rotatable bonds is 8. The van der Waals surface area contributed by atoms with Crippen LogP contribution < -0.4 is 14.8 Å². The maximum absolute atomic E-state index is 13.0. The van der Waals surface area contributed by atoms with Crippen LogP contribution in [0.4, 0.5) is 10.1 Å². The first-order valence-electron chi connectivity index (χ1n) is 8.81. The zero-order valence-corrected chi connectivity index (χ0v) is 17.1. The first-order valence-corrected chi connectivity index (χ1v) is 10.5. The maximum Gasteiger partial charge on any atom is 0.245 e. The molecule has 0 spiro atoms. The molecular weight excluding hydrogens is 383 g/mol. The zero-order chi connectivity index (χ0) is 20.9. The number of amides is 1. The summed E-state index contributed by atoms with van der Waals surface area (Å²) < 4.78 is 45.7. The summed E-state index contributed by atoms with van der Waals surface area (Å²) in [5.41, 5.74) is -0.441. The lowest BCUT2D eigenvalue weighted by molar-refractivity contribution is -0.120. The molecule has 0 atom stereocenters. The topological polar surface area (TPSA) is 84.5 Å². The molecule has 0 aromatic heterocycles. The monoisotopic (exact) mass is 408 g/mol. The Morgan fingerprint density at radius 2 is 1.64 bits per heavy atom. The second-order valence-corrected chi connectivity index (χ2v) is 8.98. The Labute approximate surface area is 165 Å². The molecule has 2 N–H and O–H groups in total. The first kappa shape index (κ1) is 21.8. The number of sulfonamides is 1. The van der Waals surface area contributed by atoms with Gasteiger partial charge in [-0.25, -0.2) is 12.8 Å². The van der Waals surface area contributed by atoms with E-state index in [1.165, 1.54) is 38.1 Å². The summed E-state index contributed by atoms with van der Waals surface area (Å²) in [4.78, 5) is 12.6. The Bertz CT molecular complexity index is 908. The molecule has 0 saturated heterocycles. The van der Waals surface area contributed by atoms with Crippen molar-refractivity contribution in [1.29, 1.82) is 0 Å². The highest BCUT2D eigenvalue weighted by molar-refractivity contribution is 7.88. The molecule has 2 aromatic rings. The van der Waals surface area contributed by atoms with E-state index >= 15 is 0 Å². The lowest BCUT2D eigenvalue weighted by Gasteiger charge is -2.25. The normalized spacial score (nSPS) is 12.1. The van der Waals surface area contributed by atoms with E-state index in [0.29, 0.717) is 17.0 Å². The molecule has 0 saturated carbocycles. The van der Waals surface area contributed by atoms with E-state index in [-0.39, 0.29) is 11.9 Å². The molecule has 6 nitrogen and oxygen atoms in total. The van der Waals surface area contributed by atoms with Gasteiger partial charge in [0, 0.05) is 5.69 Å². The average molecular weight is 408 g/mol. The standard InChI is InChI=1S/C20H25FN2O4S/c1-14(2)27-18-11-9-17(10-12-18)22-19(24)20(3,4)23-28(25,26)13-15-5-7-16(21)8-6-15/h5-12,14,23H,13H2,1-4H3,(H,22,24). The van der Waals surface area contributed by atoms with Gasteiger partial charge in [-0.05, 0) is 69.7 Å². The first-order chi connectivity index (χ1) is 13.0. The van der Waals surface area contributed by atoms with Crippen molar-refractivity contribution in [1.82, 2.24) is 4.72 Å². The van der Waals surface area contributed by atoms with Gasteiger partial charge in [0.25, 0.3) is 0 Å². The van der Waals surface area contributed by atoms with E-state index in [0.717, 1.165) is 0 Å². The third kappa shape index (κ3) is 6.61. The molecule has 0 aliphatic rings. The number of hydrogen-bond acceptors (Lipinski definition) is 4. The van der Waals surface area contributed by atoms with Crippen molar-refractivity contribution in [3.8, 4) is 5.75 Å². The molecule has 2 aromatic carbocycles. The second kappa shape index (κ2) is 8.70. The van der Waals surface area contributed by atoms with E-state index in [9.17, 15) is 17.6 Å². The summed E-state index contributed by atoms with van der Waals surface area (Å²) in [5, 5.41) is 2.69. The molecule has 0 aliphatic heterocycles. The molecule has 152 valence electrons. The quantitative estimate of drug-likeness (QED) is 0.701. The van der Waals surface area contributed by atoms with Crippen LogP contribution in [0.25, 0.3) is 0 Å². The largest absolute Gasteiger partial charge is 0.491 e. The predicted octanol–water partition coefficient (Wildman–Crippen LogP) is 3.45. The highest BCUT2D eigenvalue weighted by Gasteiger charge is 2.32. The van der Waals surface area contributed by atoms with Crippen LogP contribution in [-0.4, -0.2) is 26.0 Å². The number of carbonyl (C=O) groups excluding carboxylic acids is 1. The van der Waals surface area contributed by atoms with Crippen LogP contribution in [0.15, 0.2) is 48.5 Å². The maximum atomic E-state index is 13.0. The fourth-order valence-electron chi connectivity index (χ4n) is 2.45. The summed E-state index contributed by atoms with van der Waals surface area (Å²) >= 11 is 0.